The van der Waals surface area contributed by atoms with Gasteiger partial charge in [-0.15, -0.1) is 0 Å². The topological polar surface area (TPSA) is 20.2 Å². The molecule has 0 heterocycles. The Bertz CT molecular complexity index is 297. The average Bonchev–Trinajstić information content (AvgIpc) is 2.19. The fourth-order valence-corrected chi connectivity index (χ4v) is 1.54. The molecule has 0 saturated carbocycles. The molecule has 14 heavy (non-hydrogen) atoms. The van der Waals surface area contributed by atoms with Crippen molar-refractivity contribution in [2.75, 3.05) is 6.61 Å². The molecule has 0 aromatic heterocycles. The van der Waals surface area contributed by atoms with Crippen molar-refractivity contribution >= 4 is 11.6 Å². The molecule has 1 aromatic rings. The molecule has 1 nitrogen and oxygen atoms in total. The van der Waals surface area contributed by atoms with E-state index in [2.05, 4.69) is 0 Å². The molecule has 0 aliphatic heterocycles. The van der Waals surface area contributed by atoms with Gasteiger partial charge in [0.05, 0.1) is 0 Å². The molecule has 0 aliphatic rings. The molecule has 3 heteroatoms. The van der Waals surface area contributed by atoms with Gasteiger partial charge in [0.25, 0.3) is 0 Å². The number of hydrogen-bond acceptors (Lipinski definition) is 1. The molecule has 0 radical (unpaired) electrons. The SMILES string of the molecule is CCC(CO)Cc1cc(Cl)ccc1F. The maximum Gasteiger partial charge on any atom is 0.126 e. The Kier molecular flexibility index (Phi) is 4.36. The smallest absolute Gasteiger partial charge is 0.126 e. The summed E-state index contributed by atoms with van der Waals surface area (Å²) in [5.41, 5.74) is 0.582. The molecule has 0 saturated heterocycles. The fourth-order valence-electron chi connectivity index (χ4n) is 1.35. The average molecular weight is 217 g/mol. The summed E-state index contributed by atoms with van der Waals surface area (Å²) in [7, 11) is 0. The zero-order chi connectivity index (χ0) is 10.6. The minimum Gasteiger partial charge on any atom is -0.396 e. The molecule has 1 N–H and O–H groups in total. The van der Waals surface area contributed by atoms with Crippen molar-refractivity contribution in [1.29, 1.82) is 0 Å². The molecule has 0 bridgehead atoms. The van der Waals surface area contributed by atoms with Crippen LogP contribution in [0.1, 0.15) is 18.9 Å². The van der Waals surface area contributed by atoms with Crippen molar-refractivity contribution in [3.05, 3.63) is 34.6 Å². The molecule has 1 atom stereocenters. The lowest BCUT2D eigenvalue weighted by Gasteiger charge is -2.12. The van der Waals surface area contributed by atoms with E-state index < -0.39 is 0 Å². The number of benzene rings is 1. The van der Waals surface area contributed by atoms with Crippen LogP contribution in [0.2, 0.25) is 5.02 Å². The first-order valence-corrected chi connectivity index (χ1v) is 5.10. The maximum atomic E-state index is 13.3. The molecule has 0 fully saturated rings. The van der Waals surface area contributed by atoms with Gasteiger partial charge in [0.1, 0.15) is 5.82 Å². The van der Waals surface area contributed by atoms with Gasteiger partial charge in [0.15, 0.2) is 0 Å². The Morgan fingerprint density at radius 2 is 2.21 bits per heavy atom. The predicted octanol–water partition coefficient (Wildman–Crippen LogP) is 3.04. The van der Waals surface area contributed by atoms with E-state index in [4.69, 9.17) is 16.7 Å². The molecular weight excluding hydrogens is 203 g/mol. The summed E-state index contributed by atoms with van der Waals surface area (Å²) in [6.45, 7) is 2.06. The third kappa shape index (κ3) is 2.96. The third-order valence-electron chi connectivity index (χ3n) is 2.35. The van der Waals surface area contributed by atoms with Crippen LogP contribution < -0.4 is 0 Å². The van der Waals surface area contributed by atoms with Gasteiger partial charge in [0, 0.05) is 11.6 Å². The van der Waals surface area contributed by atoms with Crippen molar-refractivity contribution < 1.29 is 9.50 Å². The van der Waals surface area contributed by atoms with Crippen LogP contribution >= 0.6 is 11.6 Å². The summed E-state index contributed by atoms with van der Waals surface area (Å²) in [5, 5.41) is 9.53. The van der Waals surface area contributed by atoms with E-state index >= 15 is 0 Å². The predicted molar refractivity (Wildman–Crippen MR) is 56.0 cm³/mol. The van der Waals surface area contributed by atoms with Crippen molar-refractivity contribution in [3.8, 4) is 0 Å². The van der Waals surface area contributed by atoms with Crippen LogP contribution in [0.3, 0.4) is 0 Å². The highest BCUT2D eigenvalue weighted by atomic mass is 35.5. The largest absolute Gasteiger partial charge is 0.396 e. The summed E-state index contributed by atoms with van der Waals surface area (Å²) in [4.78, 5) is 0. The highest BCUT2D eigenvalue weighted by Crippen LogP contribution is 2.19. The Morgan fingerprint density at radius 3 is 2.79 bits per heavy atom. The second kappa shape index (κ2) is 5.32. The van der Waals surface area contributed by atoms with Crippen LogP contribution in [0.5, 0.6) is 0 Å². The molecule has 78 valence electrons. The highest BCUT2D eigenvalue weighted by molar-refractivity contribution is 6.30. The number of aliphatic hydroxyl groups is 1. The summed E-state index contributed by atoms with van der Waals surface area (Å²) in [6.07, 6.45) is 1.38. The van der Waals surface area contributed by atoms with Crippen molar-refractivity contribution in [3.63, 3.8) is 0 Å². The monoisotopic (exact) mass is 216 g/mol. The van der Waals surface area contributed by atoms with E-state index in [0.29, 0.717) is 17.0 Å². The highest BCUT2D eigenvalue weighted by Gasteiger charge is 2.10. The Labute approximate surface area is 88.5 Å². The van der Waals surface area contributed by atoms with Crippen LogP contribution in [0, 0.1) is 11.7 Å². The van der Waals surface area contributed by atoms with Crippen LogP contribution in [0.15, 0.2) is 18.2 Å². The molecule has 0 spiro atoms. The van der Waals surface area contributed by atoms with E-state index in [0.717, 1.165) is 6.42 Å². The van der Waals surface area contributed by atoms with E-state index in [1.807, 2.05) is 6.92 Å². The third-order valence-corrected chi connectivity index (χ3v) is 2.59. The summed E-state index contributed by atoms with van der Waals surface area (Å²) in [5.74, 6) is -0.135. The van der Waals surface area contributed by atoms with Crippen LogP contribution in [-0.4, -0.2) is 11.7 Å². The Morgan fingerprint density at radius 1 is 1.50 bits per heavy atom. The van der Waals surface area contributed by atoms with Crippen LogP contribution in [0.4, 0.5) is 4.39 Å². The lowest BCUT2D eigenvalue weighted by molar-refractivity contribution is 0.221. The Balaban J connectivity index is 2.79. The summed E-state index contributed by atoms with van der Waals surface area (Å²) in [6, 6.07) is 4.51. The minimum absolute atomic E-state index is 0.0858. The lowest BCUT2D eigenvalue weighted by Crippen LogP contribution is -2.09. The van der Waals surface area contributed by atoms with Crippen molar-refractivity contribution in [2.24, 2.45) is 5.92 Å². The molecule has 1 aromatic carbocycles. The van der Waals surface area contributed by atoms with Crippen LogP contribution in [0.25, 0.3) is 0 Å². The summed E-state index contributed by atoms with van der Waals surface area (Å²) < 4.78 is 13.3. The quantitative estimate of drug-likeness (QED) is 0.820. The first kappa shape index (κ1) is 11.5. The number of hydrogen-bond donors (Lipinski definition) is 1. The van der Waals surface area contributed by atoms with E-state index in [1.165, 1.54) is 12.1 Å². The van der Waals surface area contributed by atoms with Crippen LogP contribution in [-0.2, 0) is 6.42 Å². The van der Waals surface area contributed by atoms with Crippen molar-refractivity contribution in [2.45, 2.75) is 19.8 Å². The van der Waals surface area contributed by atoms with Gasteiger partial charge in [0.2, 0.25) is 0 Å². The Hall–Kier alpha value is -0.600. The first-order chi connectivity index (χ1) is 6.67. The lowest BCUT2D eigenvalue weighted by atomic mass is 9.97. The zero-order valence-electron chi connectivity index (χ0n) is 8.13. The second-order valence-corrected chi connectivity index (χ2v) is 3.83. The van der Waals surface area contributed by atoms with Gasteiger partial charge >= 0.3 is 0 Å². The van der Waals surface area contributed by atoms with Gasteiger partial charge in [-0.05, 0) is 36.1 Å². The number of rotatable bonds is 4. The molecule has 0 amide bonds. The van der Waals surface area contributed by atoms with E-state index in [1.54, 1.807) is 6.07 Å². The van der Waals surface area contributed by atoms with Gasteiger partial charge in [-0.3, -0.25) is 0 Å². The zero-order valence-corrected chi connectivity index (χ0v) is 8.89. The molecule has 1 rings (SSSR count). The molecule has 0 aliphatic carbocycles. The minimum atomic E-state index is -0.249. The summed E-state index contributed by atoms with van der Waals surface area (Å²) >= 11 is 5.76. The molecular formula is C11H14ClFO. The molecule has 1 unspecified atom stereocenters. The van der Waals surface area contributed by atoms with Gasteiger partial charge in [-0.2, -0.15) is 0 Å². The number of aliphatic hydroxyl groups excluding tert-OH is 1. The van der Waals surface area contributed by atoms with Gasteiger partial charge < -0.3 is 5.11 Å². The second-order valence-electron chi connectivity index (χ2n) is 3.40. The standard InChI is InChI=1S/C11H14ClFO/c1-2-8(7-14)5-9-6-10(12)3-4-11(9)13/h3-4,6,8,14H,2,5,7H2,1H3. The van der Waals surface area contributed by atoms with Gasteiger partial charge in [-0.1, -0.05) is 24.9 Å². The normalized spacial score (nSPS) is 12.9. The first-order valence-electron chi connectivity index (χ1n) is 4.72. The number of halogens is 2. The van der Waals surface area contributed by atoms with E-state index in [-0.39, 0.29) is 18.3 Å². The fraction of sp³-hybridized carbons (Fsp3) is 0.455. The van der Waals surface area contributed by atoms with Crippen molar-refractivity contribution in [1.82, 2.24) is 0 Å². The van der Waals surface area contributed by atoms with E-state index in [9.17, 15) is 4.39 Å². The maximum absolute atomic E-state index is 13.3. The van der Waals surface area contributed by atoms with Gasteiger partial charge in [-0.25, -0.2) is 4.39 Å².